The van der Waals surface area contributed by atoms with E-state index in [2.05, 4.69) is 26.6 Å². The van der Waals surface area contributed by atoms with Crippen LogP contribution in [0.15, 0.2) is 72.8 Å². The molecule has 0 saturated carbocycles. The summed E-state index contributed by atoms with van der Waals surface area (Å²) in [5, 5.41) is 23.9. The summed E-state index contributed by atoms with van der Waals surface area (Å²) in [4.78, 5) is 67.2. The highest BCUT2D eigenvalue weighted by atomic mass is 16.5. The monoisotopic (exact) mass is 717 g/mol. The Morgan fingerprint density at radius 3 is 2.37 bits per heavy atom. The van der Waals surface area contributed by atoms with Gasteiger partial charge in [-0.05, 0) is 61.6 Å². The number of aliphatic hydroxyl groups is 1. The zero-order valence-electron chi connectivity index (χ0n) is 29.6. The molecule has 1 aliphatic rings. The summed E-state index contributed by atoms with van der Waals surface area (Å²) >= 11 is 0. The van der Waals surface area contributed by atoms with Crippen LogP contribution in [0.3, 0.4) is 0 Å². The van der Waals surface area contributed by atoms with E-state index in [1.807, 2.05) is 42.5 Å². The van der Waals surface area contributed by atoms with Crippen molar-refractivity contribution in [2.45, 2.75) is 63.3 Å². The summed E-state index contributed by atoms with van der Waals surface area (Å²) in [7, 11) is 3.10. The Bertz CT molecular complexity index is 1680. The van der Waals surface area contributed by atoms with Gasteiger partial charge >= 0.3 is 0 Å². The number of rotatable bonds is 10. The molecule has 0 unspecified atom stereocenters. The van der Waals surface area contributed by atoms with Gasteiger partial charge in [0.25, 0.3) is 5.91 Å². The van der Waals surface area contributed by atoms with Gasteiger partial charge in [-0.3, -0.25) is 24.0 Å². The van der Waals surface area contributed by atoms with Crippen LogP contribution >= 0.6 is 0 Å². The minimum atomic E-state index is -1.47. The molecule has 5 amide bonds. The smallest absolute Gasteiger partial charge is 0.255 e. The maximum absolute atomic E-state index is 13.5. The van der Waals surface area contributed by atoms with Gasteiger partial charge in [-0.15, -0.1) is 0 Å². The Kier molecular flexibility index (Phi) is 14.8. The number of hydrogen-bond acceptors (Lipinski definition) is 9. The minimum Gasteiger partial charge on any atom is -0.493 e. The first-order valence-corrected chi connectivity index (χ1v) is 17.2. The molecule has 4 rings (SSSR count). The Morgan fingerprint density at radius 1 is 0.904 bits per heavy atom. The fourth-order valence-corrected chi connectivity index (χ4v) is 5.62. The molecule has 6 N–H and O–H groups in total. The van der Waals surface area contributed by atoms with Crippen molar-refractivity contribution in [1.82, 2.24) is 26.6 Å². The van der Waals surface area contributed by atoms with Gasteiger partial charge < -0.3 is 45.9 Å². The fraction of sp³-hybridized carbons (Fsp3) is 0.395. The molecular weight excluding hydrogens is 670 g/mol. The molecule has 278 valence electrons. The van der Waals surface area contributed by atoms with E-state index in [-0.39, 0.29) is 37.4 Å². The second-order valence-corrected chi connectivity index (χ2v) is 12.3. The van der Waals surface area contributed by atoms with E-state index in [9.17, 15) is 29.1 Å². The SMILES string of the molecule is COc1ccc(CCCNC(=O)[C@@H]2CC(=O)N[C@@H]([C@@H](C)O)C(=O)N[C@@H](Cc3ccccc3)C(=O)NCCCOc3ccccc3C(=O)N2)cc1OC. The lowest BCUT2D eigenvalue weighted by atomic mass is 10.0. The standard InChI is InChI=1S/C38H47N5O9/c1-24(44)34-38(49)42-28(21-25-11-5-4-6-12-25)36(47)40-19-10-20-52-30-15-8-7-14-27(30)35(46)41-29(23-33(45)43-34)37(48)39-18-9-13-26-16-17-31(50-2)32(22-26)51-3/h4-8,11-12,14-17,22,24,28-29,34,44H,9-10,13,18-21,23H2,1-3H3,(H,39,48)(H,40,47)(H,41,46)(H,42,49)(H,43,45)/t24-,28+,29+,34+/m1/s1. The second-order valence-electron chi connectivity index (χ2n) is 12.3. The number of carbonyl (C=O) groups excluding carboxylic acids is 5. The van der Waals surface area contributed by atoms with Crippen LogP contribution in [0, 0.1) is 0 Å². The first-order chi connectivity index (χ1) is 25.1. The lowest BCUT2D eigenvalue weighted by Crippen LogP contribution is -2.58. The third-order valence-electron chi connectivity index (χ3n) is 8.41. The van der Waals surface area contributed by atoms with E-state index < -0.39 is 60.2 Å². The molecule has 52 heavy (non-hydrogen) atoms. The number of nitrogens with one attached hydrogen (secondary N) is 5. The summed E-state index contributed by atoms with van der Waals surface area (Å²) in [5.74, 6) is -1.89. The summed E-state index contributed by atoms with van der Waals surface area (Å²) in [6.45, 7) is 1.91. The molecule has 14 nitrogen and oxygen atoms in total. The average molecular weight is 718 g/mol. The Morgan fingerprint density at radius 2 is 1.63 bits per heavy atom. The summed E-state index contributed by atoms with van der Waals surface area (Å²) in [6.07, 6.45) is -0.250. The average Bonchev–Trinajstić information content (AvgIpc) is 3.14. The number of para-hydroxylation sites is 1. The van der Waals surface area contributed by atoms with E-state index in [1.54, 1.807) is 38.5 Å². The predicted molar refractivity (Wildman–Crippen MR) is 192 cm³/mol. The maximum Gasteiger partial charge on any atom is 0.255 e. The van der Waals surface area contributed by atoms with Gasteiger partial charge in [0.1, 0.15) is 23.9 Å². The van der Waals surface area contributed by atoms with Crippen molar-refractivity contribution in [3.05, 3.63) is 89.5 Å². The van der Waals surface area contributed by atoms with Crippen LogP contribution in [-0.2, 0) is 32.0 Å². The Balaban J connectivity index is 1.53. The molecule has 1 aliphatic heterocycles. The number of methoxy groups -OCH3 is 2. The zero-order chi connectivity index (χ0) is 37.5. The minimum absolute atomic E-state index is 0.142. The molecule has 3 aromatic carbocycles. The molecule has 0 spiro atoms. The number of carbonyl (C=O) groups is 5. The zero-order valence-corrected chi connectivity index (χ0v) is 29.6. The highest BCUT2D eigenvalue weighted by Crippen LogP contribution is 2.28. The number of ether oxygens (including phenoxy) is 3. The largest absolute Gasteiger partial charge is 0.493 e. The summed E-state index contributed by atoms with van der Waals surface area (Å²) in [6, 6.07) is 17.3. The van der Waals surface area contributed by atoms with Gasteiger partial charge in [-0.1, -0.05) is 48.5 Å². The number of benzene rings is 3. The normalized spacial score (nSPS) is 19.5. The third kappa shape index (κ3) is 11.5. The van der Waals surface area contributed by atoms with Crippen molar-refractivity contribution in [2.75, 3.05) is 33.9 Å². The lowest BCUT2D eigenvalue weighted by molar-refractivity contribution is -0.135. The van der Waals surface area contributed by atoms with Crippen LogP contribution < -0.4 is 40.8 Å². The topological polar surface area (TPSA) is 193 Å². The quantitative estimate of drug-likeness (QED) is 0.168. The predicted octanol–water partition coefficient (Wildman–Crippen LogP) is 1.43. The molecule has 4 atom stereocenters. The number of aliphatic hydroxyl groups excluding tert-OH is 1. The summed E-state index contributed by atoms with van der Waals surface area (Å²) in [5.41, 5.74) is 1.89. The third-order valence-corrected chi connectivity index (χ3v) is 8.41. The van der Waals surface area contributed by atoms with Crippen molar-refractivity contribution in [2.24, 2.45) is 0 Å². The molecule has 0 bridgehead atoms. The summed E-state index contributed by atoms with van der Waals surface area (Å²) < 4.78 is 16.5. The van der Waals surface area contributed by atoms with E-state index in [0.717, 1.165) is 11.1 Å². The van der Waals surface area contributed by atoms with Gasteiger partial charge in [0.15, 0.2) is 11.5 Å². The van der Waals surface area contributed by atoms with Crippen molar-refractivity contribution in [3.8, 4) is 17.2 Å². The Labute approximate surface area is 303 Å². The molecule has 14 heteroatoms. The highest BCUT2D eigenvalue weighted by Gasteiger charge is 2.32. The fourth-order valence-electron chi connectivity index (χ4n) is 5.62. The van der Waals surface area contributed by atoms with E-state index >= 15 is 0 Å². The van der Waals surface area contributed by atoms with Crippen molar-refractivity contribution in [1.29, 1.82) is 0 Å². The number of hydrogen-bond donors (Lipinski definition) is 6. The second kappa shape index (κ2) is 19.7. The van der Waals surface area contributed by atoms with Crippen LogP contribution in [0.25, 0.3) is 0 Å². The van der Waals surface area contributed by atoms with Gasteiger partial charge in [0.05, 0.1) is 38.9 Å². The molecular formula is C38H47N5O9. The lowest BCUT2D eigenvalue weighted by Gasteiger charge is -2.26. The van der Waals surface area contributed by atoms with E-state index in [4.69, 9.17) is 14.2 Å². The van der Waals surface area contributed by atoms with Gasteiger partial charge in [0.2, 0.25) is 23.6 Å². The first-order valence-electron chi connectivity index (χ1n) is 17.2. The van der Waals surface area contributed by atoms with Crippen LogP contribution in [-0.4, -0.2) is 92.8 Å². The molecule has 0 aliphatic carbocycles. The van der Waals surface area contributed by atoms with E-state index in [1.165, 1.54) is 13.0 Å². The molecule has 3 aromatic rings. The van der Waals surface area contributed by atoms with Gasteiger partial charge in [0, 0.05) is 19.5 Å². The number of amides is 5. The Hall–Kier alpha value is -5.63. The maximum atomic E-state index is 13.5. The van der Waals surface area contributed by atoms with Crippen LogP contribution in [0.1, 0.15) is 47.7 Å². The highest BCUT2D eigenvalue weighted by molar-refractivity contribution is 6.01. The van der Waals surface area contributed by atoms with Crippen LogP contribution in [0.5, 0.6) is 17.2 Å². The van der Waals surface area contributed by atoms with Crippen molar-refractivity contribution >= 4 is 29.5 Å². The molecule has 0 fully saturated rings. The first kappa shape index (κ1) is 39.2. The molecule has 0 saturated heterocycles. The van der Waals surface area contributed by atoms with Crippen molar-refractivity contribution in [3.63, 3.8) is 0 Å². The molecule has 0 aromatic heterocycles. The van der Waals surface area contributed by atoms with E-state index in [0.29, 0.717) is 30.8 Å². The van der Waals surface area contributed by atoms with Gasteiger partial charge in [-0.25, -0.2) is 0 Å². The molecule has 1 heterocycles. The van der Waals surface area contributed by atoms with Crippen LogP contribution in [0.4, 0.5) is 0 Å². The number of aryl methyl sites for hydroxylation is 1. The van der Waals surface area contributed by atoms with Gasteiger partial charge in [-0.2, -0.15) is 0 Å². The van der Waals surface area contributed by atoms with Crippen LogP contribution in [0.2, 0.25) is 0 Å². The molecule has 0 radical (unpaired) electrons. The van der Waals surface area contributed by atoms with Crippen molar-refractivity contribution < 1.29 is 43.3 Å². The number of fused-ring (bicyclic) bond motifs is 1.